The second-order valence-electron chi connectivity index (χ2n) is 7.79. The summed E-state index contributed by atoms with van der Waals surface area (Å²) >= 11 is 0. The first-order valence-corrected chi connectivity index (χ1v) is 10.4. The van der Waals surface area contributed by atoms with Crippen LogP contribution < -0.4 is 20.3 Å². The number of nitrogens with zero attached hydrogens (tertiary/aromatic N) is 2. The molecule has 8 nitrogen and oxygen atoms in total. The van der Waals surface area contributed by atoms with E-state index in [-0.39, 0.29) is 18.1 Å². The molecule has 0 aliphatic carbocycles. The predicted octanol–water partition coefficient (Wildman–Crippen LogP) is 3.53. The summed E-state index contributed by atoms with van der Waals surface area (Å²) in [4.78, 5) is 32.5. The Labute approximate surface area is 187 Å². The van der Waals surface area contributed by atoms with Crippen molar-refractivity contribution >= 4 is 22.6 Å². The lowest BCUT2D eigenvalue weighted by molar-refractivity contribution is 0.205. The third-order valence-corrected chi connectivity index (χ3v) is 5.16. The number of ether oxygens (including phenoxy) is 2. The lowest BCUT2D eigenvalue weighted by atomic mass is 10.1. The molecule has 32 heavy (non-hydrogen) atoms. The number of H-pyrrole nitrogens is 1. The minimum absolute atomic E-state index is 0.177. The Bertz CT molecular complexity index is 1130. The zero-order chi connectivity index (χ0) is 23.1. The van der Waals surface area contributed by atoms with E-state index in [0.29, 0.717) is 29.3 Å². The molecule has 0 atom stereocenters. The molecule has 1 aromatic heterocycles. The van der Waals surface area contributed by atoms with Crippen LogP contribution in [0.25, 0.3) is 10.9 Å². The number of hydrogen-bond acceptors (Lipinski definition) is 5. The minimum atomic E-state index is -0.293. The number of nitrogens with one attached hydrogen (secondary N) is 2. The monoisotopic (exact) mass is 438 g/mol. The summed E-state index contributed by atoms with van der Waals surface area (Å²) in [5, 5.41) is 3.76. The summed E-state index contributed by atoms with van der Waals surface area (Å²) in [6.07, 6.45) is 0.769. The molecule has 0 fully saturated rings. The van der Waals surface area contributed by atoms with Crippen molar-refractivity contribution in [3.63, 3.8) is 0 Å². The Kier molecular flexibility index (Phi) is 7.72. The lowest BCUT2D eigenvalue weighted by Crippen LogP contribution is -2.37. The molecular weight excluding hydrogens is 408 g/mol. The van der Waals surface area contributed by atoms with Gasteiger partial charge >= 0.3 is 6.03 Å². The number of amides is 2. The quantitative estimate of drug-likeness (QED) is 0.534. The largest absolute Gasteiger partial charge is 0.497 e. The van der Waals surface area contributed by atoms with Crippen LogP contribution in [0.1, 0.15) is 12.0 Å². The lowest BCUT2D eigenvalue weighted by Gasteiger charge is -2.24. The van der Waals surface area contributed by atoms with Crippen LogP contribution in [0.5, 0.6) is 11.5 Å². The highest BCUT2D eigenvalue weighted by molar-refractivity contribution is 5.91. The van der Waals surface area contributed by atoms with Crippen molar-refractivity contribution in [2.45, 2.75) is 13.0 Å². The number of pyridine rings is 1. The molecule has 1 heterocycles. The van der Waals surface area contributed by atoms with Crippen LogP contribution in [0.15, 0.2) is 53.3 Å². The zero-order valence-corrected chi connectivity index (χ0v) is 19.0. The summed E-state index contributed by atoms with van der Waals surface area (Å²) in [6, 6.07) is 14.2. The van der Waals surface area contributed by atoms with Gasteiger partial charge in [-0.15, -0.1) is 0 Å². The fourth-order valence-electron chi connectivity index (χ4n) is 3.45. The van der Waals surface area contributed by atoms with Gasteiger partial charge in [-0.2, -0.15) is 0 Å². The molecule has 8 heteroatoms. The highest BCUT2D eigenvalue weighted by atomic mass is 16.5. The van der Waals surface area contributed by atoms with E-state index >= 15 is 0 Å². The van der Waals surface area contributed by atoms with Gasteiger partial charge in [-0.25, -0.2) is 4.79 Å². The molecular formula is C24H30N4O4. The number of benzene rings is 2. The number of carbonyl (C=O) groups excluding carboxylic acids is 1. The molecule has 2 aromatic carbocycles. The maximum Gasteiger partial charge on any atom is 0.322 e. The Morgan fingerprint density at radius 3 is 2.53 bits per heavy atom. The number of para-hydroxylation sites is 2. The molecule has 0 radical (unpaired) electrons. The molecule has 2 N–H and O–H groups in total. The number of methoxy groups -OCH3 is 2. The zero-order valence-electron chi connectivity index (χ0n) is 19.0. The van der Waals surface area contributed by atoms with Crippen molar-refractivity contribution in [3.05, 3.63) is 64.4 Å². The van der Waals surface area contributed by atoms with Crippen molar-refractivity contribution < 1.29 is 14.3 Å². The van der Waals surface area contributed by atoms with Crippen LogP contribution in [0.3, 0.4) is 0 Å². The van der Waals surface area contributed by atoms with Gasteiger partial charge in [0.25, 0.3) is 5.56 Å². The standard InChI is InChI=1S/C24H30N4O4/c1-27(2)12-7-13-28(24(30)26-21-8-5-6-9-22(21)32-4)16-18-14-17-15-19(31-3)10-11-20(17)25-23(18)29/h5-6,8-11,14-15H,7,12-13,16H2,1-4H3,(H,25,29)(H,26,30). The summed E-state index contributed by atoms with van der Waals surface area (Å²) in [5.74, 6) is 1.27. The van der Waals surface area contributed by atoms with Gasteiger partial charge in [0, 0.05) is 23.0 Å². The van der Waals surface area contributed by atoms with Crippen LogP contribution in [0.2, 0.25) is 0 Å². The molecule has 0 saturated carbocycles. The fraction of sp³-hybridized carbons (Fsp3) is 0.333. The average molecular weight is 439 g/mol. The topological polar surface area (TPSA) is 86.9 Å². The average Bonchev–Trinajstić information content (AvgIpc) is 2.78. The molecule has 0 bridgehead atoms. The Morgan fingerprint density at radius 1 is 1.03 bits per heavy atom. The minimum Gasteiger partial charge on any atom is -0.497 e. The van der Waals surface area contributed by atoms with Crippen LogP contribution in [-0.2, 0) is 6.54 Å². The van der Waals surface area contributed by atoms with E-state index in [9.17, 15) is 9.59 Å². The van der Waals surface area contributed by atoms with Crippen LogP contribution in [0.4, 0.5) is 10.5 Å². The number of hydrogen-bond donors (Lipinski definition) is 2. The van der Waals surface area contributed by atoms with Gasteiger partial charge < -0.3 is 29.6 Å². The Hall–Kier alpha value is -3.52. The van der Waals surface area contributed by atoms with Crippen LogP contribution in [-0.4, -0.2) is 62.2 Å². The van der Waals surface area contributed by atoms with Crippen molar-refractivity contribution in [2.75, 3.05) is 46.7 Å². The van der Waals surface area contributed by atoms with Crippen LogP contribution in [0, 0.1) is 0 Å². The summed E-state index contributed by atoms with van der Waals surface area (Å²) in [5.41, 5.74) is 1.59. The van der Waals surface area contributed by atoms with Gasteiger partial charge in [-0.3, -0.25) is 4.79 Å². The third-order valence-electron chi connectivity index (χ3n) is 5.16. The van der Waals surface area contributed by atoms with Gasteiger partial charge in [-0.05, 0) is 63.5 Å². The number of aromatic nitrogens is 1. The first kappa shape index (κ1) is 23.1. The summed E-state index contributed by atoms with van der Waals surface area (Å²) in [7, 11) is 7.13. The molecule has 0 aliphatic rings. The van der Waals surface area contributed by atoms with E-state index in [1.165, 1.54) is 0 Å². The highest BCUT2D eigenvalue weighted by Crippen LogP contribution is 2.24. The highest BCUT2D eigenvalue weighted by Gasteiger charge is 2.18. The van der Waals surface area contributed by atoms with Crippen molar-refractivity contribution in [1.29, 1.82) is 0 Å². The van der Waals surface area contributed by atoms with E-state index in [4.69, 9.17) is 9.47 Å². The van der Waals surface area contributed by atoms with Crippen molar-refractivity contribution in [3.8, 4) is 11.5 Å². The van der Waals surface area contributed by atoms with Gasteiger partial charge in [0.2, 0.25) is 0 Å². The van der Waals surface area contributed by atoms with Gasteiger partial charge in [0.15, 0.2) is 0 Å². The van der Waals surface area contributed by atoms with E-state index in [1.54, 1.807) is 37.3 Å². The van der Waals surface area contributed by atoms with Gasteiger partial charge in [0.05, 0.1) is 26.5 Å². The number of urea groups is 1. The number of carbonyl (C=O) groups is 1. The van der Waals surface area contributed by atoms with E-state index in [0.717, 1.165) is 23.9 Å². The molecule has 0 aliphatic heterocycles. The Morgan fingerprint density at radius 2 is 1.81 bits per heavy atom. The predicted molar refractivity (Wildman–Crippen MR) is 127 cm³/mol. The molecule has 0 unspecified atom stereocenters. The summed E-state index contributed by atoms with van der Waals surface area (Å²) < 4.78 is 10.6. The smallest absolute Gasteiger partial charge is 0.322 e. The summed E-state index contributed by atoms with van der Waals surface area (Å²) in [6.45, 7) is 1.50. The number of rotatable bonds is 9. The van der Waals surface area contributed by atoms with E-state index in [2.05, 4.69) is 15.2 Å². The third kappa shape index (κ3) is 5.79. The first-order chi connectivity index (χ1) is 15.4. The van der Waals surface area contributed by atoms with E-state index in [1.807, 2.05) is 44.4 Å². The number of fused-ring (bicyclic) bond motifs is 1. The van der Waals surface area contributed by atoms with Crippen molar-refractivity contribution in [2.24, 2.45) is 0 Å². The molecule has 170 valence electrons. The maximum atomic E-state index is 13.1. The molecule has 0 saturated heterocycles. The van der Waals surface area contributed by atoms with Crippen LogP contribution >= 0.6 is 0 Å². The molecule has 2 amide bonds. The maximum absolute atomic E-state index is 13.1. The Balaban J connectivity index is 1.87. The van der Waals surface area contributed by atoms with Crippen molar-refractivity contribution in [1.82, 2.24) is 14.8 Å². The second kappa shape index (κ2) is 10.7. The van der Waals surface area contributed by atoms with E-state index < -0.39 is 0 Å². The van der Waals surface area contributed by atoms with Gasteiger partial charge in [-0.1, -0.05) is 12.1 Å². The second-order valence-corrected chi connectivity index (χ2v) is 7.79. The number of aromatic amines is 1. The number of anilines is 1. The SMILES string of the molecule is COc1ccc2[nH]c(=O)c(CN(CCCN(C)C)C(=O)Nc3ccccc3OC)cc2c1. The molecule has 3 aromatic rings. The van der Waals surface area contributed by atoms with Gasteiger partial charge in [0.1, 0.15) is 11.5 Å². The molecule has 0 spiro atoms. The molecule has 3 rings (SSSR count). The fourth-order valence-corrected chi connectivity index (χ4v) is 3.45. The normalized spacial score (nSPS) is 10.9. The first-order valence-electron chi connectivity index (χ1n) is 10.4.